The standard InChI is InChI=1S/C9H12N4/c1-4-5(2)11-8-7(4)6(3)12-9(10)13-8/h1-3H3,(H3,10,11,12,13). The highest BCUT2D eigenvalue weighted by molar-refractivity contribution is 5.83. The van der Waals surface area contributed by atoms with E-state index < -0.39 is 0 Å². The molecule has 0 aromatic carbocycles. The van der Waals surface area contributed by atoms with Crippen LogP contribution in [0.2, 0.25) is 0 Å². The fraction of sp³-hybridized carbons (Fsp3) is 0.333. The van der Waals surface area contributed by atoms with Crippen molar-refractivity contribution in [2.24, 2.45) is 0 Å². The summed E-state index contributed by atoms with van der Waals surface area (Å²) in [6.07, 6.45) is 0. The highest BCUT2D eigenvalue weighted by atomic mass is 15.0. The van der Waals surface area contributed by atoms with Gasteiger partial charge in [-0.1, -0.05) is 0 Å². The average Bonchev–Trinajstić information content (AvgIpc) is 2.27. The van der Waals surface area contributed by atoms with Crippen LogP contribution in [0, 0.1) is 20.8 Å². The first-order valence-corrected chi connectivity index (χ1v) is 4.18. The molecule has 2 heterocycles. The fourth-order valence-electron chi connectivity index (χ4n) is 1.59. The van der Waals surface area contributed by atoms with Gasteiger partial charge >= 0.3 is 0 Å². The van der Waals surface area contributed by atoms with Crippen molar-refractivity contribution in [1.29, 1.82) is 0 Å². The third kappa shape index (κ3) is 1.06. The van der Waals surface area contributed by atoms with Gasteiger partial charge in [-0.25, -0.2) is 4.98 Å². The summed E-state index contributed by atoms with van der Waals surface area (Å²) in [5.41, 5.74) is 9.63. The van der Waals surface area contributed by atoms with Crippen LogP contribution in [0.4, 0.5) is 5.95 Å². The van der Waals surface area contributed by atoms with Crippen LogP contribution in [0.3, 0.4) is 0 Å². The molecule has 0 aliphatic heterocycles. The zero-order chi connectivity index (χ0) is 9.59. The van der Waals surface area contributed by atoms with Crippen molar-refractivity contribution in [1.82, 2.24) is 15.0 Å². The molecule has 4 nitrogen and oxygen atoms in total. The van der Waals surface area contributed by atoms with Gasteiger partial charge in [0.1, 0.15) is 5.65 Å². The number of hydrogen-bond acceptors (Lipinski definition) is 3. The van der Waals surface area contributed by atoms with Crippen LogP contribution in [0.15, 0.2) is 0 Å². The topological polar surface area (TPSA) is 67.6 Å². The Balaban J connectivity index is 2.94. The van der Waals surface area contributed by atoms with Crippen molar-refractivity contribution in [2.75, 3.05) is 5.73 Å². The molecular formula is C9H12N4. The highest BCUT2D eigenvalue weighted by Crippen LogP contribution is 2.22. The van der Waals surface area contributed by atoms with Crippen LogP contribution in [0.5, 0.6) is 0 Å². The van der Waals surface area contributed by atoms with E-state index in [9.17, 15) is 0 Å². The predicted molar refractivity (Wildman–Crippen MR) is 52.5 cm³/mol. The summed E-state index contributed by atoms with van der Waals surface area (Å²) in [5.74, 6) is 0.325. The van der Waals surface area contributed by atoms with Gasteiger partial charge in [0.2, 0.25) is 5.95 Å². The molecule has 0 unspecified atom stereocenters. The molecule has 0 radical (unpaired) electrons. The minimum atomic E-state index is 0.325. The van der Waals surface area contributed by atoms with E-state index in [-0.39, 0.29) is 0 Å². The summed E-state index contributed by atoms with van der Waals surface area (Å²) in [7, 11) is 0. The van der Waals surface area contributed by atoms with Crippen LogP contribution in [-0.2, 0) is 0 Å². The molecule has 68 valence electrons. The maximum atomic E-state index is 5.54. The van der Waals surface area contributed by atoms with Crippen molar-refractivity contribution in [3.63, 3.8) is 0 Å². The number of nitrogens with one attached hydrogen (secondary N) is 1. The minimum absolute atomic E-state index is 0.325. The Morgan fingerprint density at radius 3 is 2.54 bits per heavy atom. The molecule has 0 atom stereocenters. The number of aryl methyl sites for hydroxylation is 3. The van der Waals surface area contributed by atoms with Gasteiger partial charge in [-0.3, -0.25) is 0 Å². The van der Waals surface area contributed by atoms with Gasteiger partial charge in [0.05, 0.1) is 5.69 Å². The number of anilines is 1. The smallest absolute Gasteiger partial charge is 0.222 e. The van der Waals surface area contributed by atoms with E-state index in [0.717, 1.165) is 22.4 Å². The molecule has 0 saturated heterocycles. The van der Waals surface area contributed by atoms with Crippen molar-refractivity contribution in [2.45, 2.75) is 20.8 Å². The lowest BCUT2D eigenvalue weighted by molar-refractivity contribution is 1.15. The number of nitrogens with zero attached hydrogens (tertiary/aromatic N) is 2. The lowest BCUT2D eigenvalue weighted by Gasteiger charge is -1.97. The van der Waals surface area contributed by atoms with Crippen LogP contribution < -0.4 is 5.73 Å². The van der Waals surface area contributed by atoms with Crippen molar-refractivity contribution in [3.05, 3.63) is 17.0 Å². The van der Waals surface area contributed by atoms with Crippen LogP contribution in [0.25, 0.3) is 11.0 Å². The lowest BCUT2D eigenvalue weighted by atomic mass is 10.2. The molecule has 3 N–H and O–H groups in total. The second-order valence-corrected chi connectivity index (χ2v) is 3.27. The van der Waals surface area contributed by atoms with Gasteiger partial charge in [0.25, 0.3) is 0 Å². The second-order valence-electron chi connectivity index (χ2n) is 3.27. The fourth-order valence-corrected chi connectivity index (χ4v) is 1.59. The first kappa shape index (κ1) is 8.04. The normalized spacial score (nSPS) is 11.0. The molecule has 2 aromatic heterocycles. The van der Waals surface area contributed by atoms with E-state index in [1.165, 1.54) is 5.56 Å². The zero-order valence-corrected chi connectivity index (χ0v) is 7.97. The Labute approximate surface area is 76.2 Å². The minimum Gasteiger partial charge on any atom is -0.368 e. The molecule has 0 saturated carbocycles. The molecule has 0 aliphatic carbocycles. The average molecular weight is 176 g/mol. The third-order valence-electron chi connectivity index (χ3n) is 2.35. The van der Waals surface area contributed by atoms with Crippen LogP contribution in [0.1, 0.15) is 17.0 Å². The van der Waals surface area contributed by atoms with Crippen molar-refractivity contribution >= 4 is 17.0 Å². The van der Waals surface area contributed by atoms with E-state index in [4.69, 9.17) is 5.73 Å². The number of nitrogen functional groups attached to an aromatic ring is 1. The second kappa shape index (κ2) is 2.45. The number of aromatic amines is 1. The van der Waals surface area contributed by atoms with Gasteiger partial charge < -0.3 is 10.7 Å². The molecule has 0 bridgehead atoms. The SMILES string of the molecule is Cc1[nH]c2nc(N)nc(C)c2c1C. The van der Waals surface area contributed by atoms with E-state index >= 15 is 0 Å². The molecule has 0 aliphatic rings. The number of rotatable bonds is 0. The maximum Gasteiger partial charge on any atom is 0.222 e. The molecule has 0 amide bonds. The first-order chi connectivity index (χ1) is 6.09. The van der Waals surface area contributed by atoms with Crippen LogP contribution in [-0.4, -0.2) is 15.0 Å². The summed E-state index contributed by atoms with van der Waals surface area (Å²) >= 11 is 0. The Hall–Kier alpha value is -1.58. The summed E-state index contributed by atoms with van der Waals surface area (Å²) in [6, 6.07) is 0. The number of nitrogens with two attached hydrogens (primary N) is 1. The Morgan fingerprint density at radius 2 is 1.85 bits per heavy atom. The van der Waals surface area contributed by atoms with Crippen LogP contribution >= 0.6 is 0 Å². The number of aromatic nitrogens is 3. The quantitative estimate of drug-likeness (QED) is 0.638. The third-order valence-corrected chi connectivity index (χ3v) is 2.35. The van der Waals surface area contributed by atoms with Gasteiger partial charge in [-0.15, -0.1) is 0 Å². The largest absolute Gasteiger partial charge is 0.368 e. The summed E-state index contributed by atoms with van der Waals surface area (Å²) in [5, 5.41) is 1.09. The monoisotopic (exact) mass is 176 g/mol. The summed E-state index contributed by atoms with van der Waals surface area (Å²) < 4.78 is 0. The summed E-state index contributed by atoms with van der Waals surface area (Å²) in [6.45, 7) is 6.02. The Kier molecular flexibility index (Phi) is 1.52. The van der Waals surface area contributed by atoms with Gasteiger partial charge in [0.15, 0.2) is 0 Å². The molecule has 0 spiro atoms. The van der Waals surface area contributed by atoms with E-state index in [1.54, 1.807) is 0 Å². The highest BCUT2D eigenvalue weighted by Gasteiger charge is 2.09. The van der Waals surface area contributed by atoms with Gasteiger partial charge in [0, 0.05) is 11.1 Å². The van der Waals surface area contributed by atoms with E-state index in [2.05, 4.69) is 21.9 Å². The Morgan fingerprint density at radius 1 is 1.15 bits per heavy atom. The molecule has 2 aromatic rings. The molecule has 2 rings (SSSR count). The predicted octanol–water partition coefficient (Wildman–Crippen LogP) is 1.47. The van der Waals surface area contributed by atoms with E-state index in [1.807, 2.05) is 13.8 Å². The number of fused-ring (bicyclic) bond motifs is 1. The lowest BCUT2D eigenvalue weighted by Crippen LogP contribution is -1.96. The maximum absolute atomic E-state index is 5.54. The zero-order valence-electron chi connectivity index (χ0n) is 7.97. The summed E-state index contributed by atoms with van der Waals surface area (Å²) in [4.78, 5) is 11.4. The number of H-pyrrole nitrogens is 1. The van der Waals surface area contributed by atoms with E-state index in [0.29, 0.717) is 5.95 Å². The molecule has 4 heteroatoms. The molecule has 0 fully saturated rings. The Bertz CT molecular complexity index is 470. The van der Waals surface area contributed by atoms with Crippen molar-refractivity contribution < 1.29 is 0 Å². The van der Waals surface area contributed by atoms with Crippen molar-refractivity contribution in [3.8, 4) is 0 Å². The van der Waals surface area contributed by atoms with Gasteiger partial charge in [-0.2, -0.15) is 4.98 Å². The first-order valence-electron chi connectivity index (χ1n) is 4.18. The van der Waals surface area contributed by atoms with Gasteiger partial charge in [-0.05, 0) is 26.3 Å². The molecular weight excluding hydrogens is 164 g/mol. The number of hydrogen-bond donors (Lipinski definition) is 2. The molecule has 13 heavy (non-hydrogen) atoms.